The molecule has 1 aromatic carbocycles. The van der Waals surface area contributed by atoms with E-state index in [2.05, 4.69) is 15.4 Å². The molecule has 0 saturated heterocycles. The van der Waals surface area contributed by atoms with E-state index in [0.717, 1.165) is 18.4 Å². The summed E-state index contributed by atoms with van der Waals surface area (Å²) in [4.78, 5) is 49.1. The van der Waals surface area contributed by atoms with Crippen molar-refractivity contribution in [1.82, 2.24) is 10.2 Å². The lowest BCUT2D eigenvalue weighted by atomic mass is 10.2. The highest BCUT2D eigenvalue weighted by Crippen LogP contribution is 2.27. The molecule has 152 valence electrons. The highest BCUT2D eigenvalue weighted by atomic mass is 16.5. The standard InChI is InChI=1S/C20H27N3O5/c1-14-6-8-15(9-7-14)22-17(24)12-21-18(25)13-23(16-10-11-16)19(26)4-3-5-20(27)28-2/h6-9,16H,3-5,10-13H2,1-2H3,(H,21,25)(H,22,24). The van der Waals surface area contributed by atoms with Crippen molar-refractivity contribution in [3.05, 3.63) is 29.8 Å². The molecule has 0 aliphatic heterocycles. The minimum Gasteiger partial charge on any atom is -0.469 e. The van der Waals surface area contributed by atoms with E-state index in [4.69, 9.17) is 0 Å². The fourth-order valence-electron chi connectivity index (χ4n) is 2.67. The fourth-order valence-corrected chi connectivity index (χ4v) is 2.67. The Labute approximate surface area is 164 Å². The summed E-state index contributed by atoms with van der Waals surface area (Å²) < 4.78 is 4.55. The van der Waals surface area contributed by atoms with E-state index in [9.17, 15) is 19.2 Å². The number of ether oxygens (including phenoxy) is 1. The van der Waals surface area contributed by atoms with Crippen molar-refractivity contribution in [3.8, 4) is 0 Å². The van der Waals surface area contributed by atoms with Crippen molar-refractivity contribution in [2.24, 2.45) is 0 Å². The highest BCUT2D eigenvalue weighted by Gasteiger charge is 2.33. The maximum Gasteiger partial charge on any atom is 0.305 e. The summed E-state index contributed by atoms with van der Waals surface area (Å²) in [6, 6.07) is 7.41. The van der Waals surface area contributed by atoms with Crippen molar-refractivity contribution in [2.75, 3.05) is 25.5 Å². The van der Waals surface area contributed by atoms with Gasteiger partial charge in [-0.05, 0) is 38.3 Å². The highest BCUT2D eigenvalue weighted by molar-refractivity contribution is 5.95. The lowest BCUT2D eigenvalue weighted by Crippen LogP contribution is -2.43. The van der Waals surface area contributed by atoms with Gasteiger partial charge in [-0.3, -0.25) is 19.2 Å². The maximum absolute atomic E-state index is 12.4. The van der Waals surface area contributed by atoms with Crippen molar-refractivity contribution in [2.45, 2.75) is 45.1 Å². The monoisotopic (exact) mass is 389 g/mol. The third kappa shape index (κ3) is 7.38. The first-order valence-electron chi connectivity index (χ1n) is 9.38. The predicted octanol–water partition coefficient (Wildman–Crippen LogP) is 1.38. The van der Waals surface area contributed by atoms with E-state index < -0.39 is 0 Å². The van der Waals surface area contributed by atoms with Gasteiger partial charge in [-0.2, -0.15) is 0 Å². The summed E-state index contributed by atoms with van der Waals surface area (Å²) in [5.41, 5.74) is 1.74. The lowest BCUT2D eigenvalue weighted by Gasteiger charge is -2.21. The third-order valence-electron chi connectivity index (χ3n) is 4.40. The average Bonchev–Trinajstić information content (AvgIpc) is 3.51. The Morgan fingerprint density at radius 3 is 2.36 bits per heavy atom. The molecule has 2 N–H and O–H groups in total. The summed E-state index contributed by atoms with van der Waals surface area (Å²) in [5.74, 6) is -1.24. The molecular weight excluding hydrogens is 362 g/mol. The number of nitrogens with zero attached hydrogens (tertiary/aromatic N) is 1. The number of carbonyl (C=O) groups is 4. The Balaban J connectivity index is 1.74. The molecule has 0 aromatic heterocycles. The number of hydrogen-bond donors (Lipinski definition) is 2. The Morgan fingerprint density at radius 1 is 1.07 bits per heavy atom. The molecule has 0 heterocycles. The smallest absolute Gasteiger partial charge is 0.305 e. The number of esters is 1. The summed E-state index contributed by atoms with van der Waals surface area (Å²) >= 11 is 0. The second-order valence-corrected chi connectivity index (χ2v) is 6.87. The Hall–Kier alpha value is -2.90. The SMILES string of the molecule is COC(=O)CCCC(=O)N(CC(=O)NCC(=O)Nc1ccc(C)cc1)C1CC1. The molecule has 1 aromatic rings. The summed E-state index contributed by atoms with van der Waals surface area (Å²) in [6.45, 7) is 1.70. The van der Waals surface area contributed by atoms with Gasteiger partial charge in [0, 0.05) is 24.6 Å². The van der Waals surface area contributed by atoms with Gasteiger partial charge in [0.2, 0.25) is 17.7 Å². The van der Waals surface area contributed by atoms with Gasteiger partial charge >= 0.3 is 5.97 Å². The molecule has 1 aliphatic rings. The summed E-state index contributed by atoms with van der Waals surface area (Å²) in [6.07, 6.45) is 2.47. The van der Waals surface area contributed by atoms with Crippen molar-refractivity contribution in [3.63, 3.8) is 0 Å². The van der Waals surface area contributed by atoms with Gasteiger partial charge in [-0.1, -0.05) is 17.7 Å². The largest absolute Gasteiger partial charge is 0.469 e. The van der Waals surface area contributed by atoms with Crippen LogP contribution in [0, 0.1) is 6.92 Å². The molecule has 1 aliphatic carbocycles. The molecule has 3 amide bonds. The van der Waals surface area contributed by atoms with Crippen LogP contribution in [0.25, 0.3) is 0 Å². The topological polar surface area (TPSA) is 105 Å². The zero-order valence-electron chi connectivity index (χ0n) is 16.3. The number of benzene rings is 1. The first-order valence-corrected chi connectivity index (χ1v) is 9.38. The number of anilines is 1. The second kappa shape index (κ2) is 10.4. The van der Waals surface area contributed by atoms with Gasteiger partial charge in [-0.25, -0.2) is 0 Å². The molecule has 2 rings (SSSR count). The first-order chi connectivity index (χ1) is 13.4. The third-order valence-corrected chi connectivity index (χ3v) is 4.40. The van der Waals surface area contributed by atoms with Crippen molar-refractivity contribution < 1.29 is 23.9 Å². The van der Waals surface area contributed by atoms with E-state index in [-0.39, 0.29) is 55.7 Å². The fraction of sp³-hybridized carbons (Fsp3) is 0.500. The molecule has 0 atom stereocenters. The van der Waals surface area contributed by atoms with E-state index in [1.807, 2.05) is 19.1 Å². The Kier molecular flexibility index (Phi) is 7.98. The second-order valence-electron chi connectivity index (χ2n) is 6.87. The van der Waals surface area contributed by atoms with E-state index in [0.29, 0.717) is 12.1 Å². The van der Waals surface area contributed by atoms with Crippen LogP contribution in [0.3, 0.4) is 0 Å². The van der Waals surface area contributed by atoms with Crippen LogP contribution < -0.4 is 10.6 Å². The number of rotatable bonds is 10. The molecule has 8 nitrogen and oxygen atoms in total. The molecular formula is C20H27N3O5. The first kappa shape index (κ1) is 21.4. The van der Waals surface area contributed by atoms with Gasteiger partial charge < -0.3 is 20.3 Å². The molecule has 0 radical (unpaired) electrons. The zero-order valence-corrected chi connectivity index (χ0v) is 16.3. The molecule has 0 spiro atoms. The molecule has 1 fully saturated rings. The zero-order chi connectivity index (χ0) is 20.5. The number of methoxy groups -OCH3 is 1. The van der Waals surface area contributed by atoms with Crippen molar-refractivity contribution in [1.29, 1.82) is 0 Å². The van der Waals surface area contributed by atoms with Gasteiger partial charge in [-0.15, -0.1) is 0 Å². The quantitative estimate of drug-likeness (QED) is 0.588. The normalized spacial score (nSPS) is 12.8. The van der Waals surface area contributed by atoms with Gasteiger partial charge in [0.05, 0.1) is 20.2 Å². The van der Waals surface area contributed by atoms with Crippen LogP contribution in [0.4, 0.5) is 5.69 Å². The van der Waals surface area contributed by atoms with Crippen LogP contribution in [0.5, 0.6) is 0 Å². The molecule has 0 bridgehead atoms. The lowest BCUT2D eigenvalue weighted by molar-refractivity contribution is -0.141. The van der Waals surface area contributed by atoms with Crippen LogP contribution in [-0.4, -0.2) is 54.8 Å². The number of hydrogen-bond acceptors (Lipinski definition) is 5. The molecule has 0 unspecified atom stereocenters. The Bertz CT molecular complexity index is 713. The average molecular weight is 389 g/mol. The van der Waals surface area contributed by atoms with E-state index >= 15 is 0 Å². The predicted molar refractivity (Wildman–Crippen MR) is 103 cm³/mol. The molecule has 1 saturated carbocycles. The summed E-state index contributed by atoms with van der Waals surface area (Å²) in [7, 11) is 1.31. The molecule has 8 heteroatoms. The number of amides is 3. The minimum atomic E-state index is -0.382. The van der Waals surface area contributed by atoms with E-state index in [1.54, 1.807) is 12.1 Å². The molecule has 28 heavy (non-hydrogen) atoms. The Morgan fingerprint density at radius 2 is 1.75 bits per heavy atom. The van der Waals surface area contributed by atoms with Crippen LogP contribution in [0.2, 0.25) is 0 Å². The van der Waals surface area contributed by atoms with Crippen molar-refractivity contribution >= 4 is 29.4 Å². The van der Waals surface area contributed by atoms with Crippen LogP contribution in [-0.2, 0) is 23.9 Å². The van der Waals surface area contributed by atoms with Crippen LogP contribution in [0.15, 0.2) is 24.3 Å². The van der Waals surface area contributed by atoms with Crippen LogP contribution >= 0.6 is 0 Å². The van der Waals surface area contributed by atoms with Gasteiger partial charge in [0.15, 0.2) is 0 Å². The van der Waals surface area contributed by atoms with E-state index in [1.165, 1.54) is 12.0 Å². The number of nitrogens with one attached hydrogen (secondary N) is 2. The van der Waals surface area contributed by atoms with Gasteiger partial charge in [0.25, 0.3) is 0 Å². The summed E-state index contributed by atoms with van der Waals surface area (Å²) in [5, 5.41) is 5.25. The number of aryl methyl sites for hydroxylation is 1. The van der Waals surface area contributed by atoms with Gasteiger partial charge in [0.1, 0.15) is 0 Å². The number of carbonyl (C=O) groups excluding carboxylic acids is 4. The minimum absolute atomic E-state index is 0.0674. The van der Waals surface area contributed by atoms with Crippen LogP contribution in [0.1, 0.15) is 37.7 Å². The maximum atomic E-state index is 12.4.